The van der Waals surface area contributed by atoms with Gasteiger partial charge in [-0.15, -0.1) is 0 Å². The number of carbonyl (C=O) groups excluding carboxylic acids is 1. The number of morpholine rings is 1. The lowest BCUT2D eigenvalue weighted by molar-refractivity contribution is 0.112. The number of hydrogen-bond acceptors (Lipinski definition) is 5. The molecule has 6 heteroatoms. The van der Waals surface area contributed by atoms with E-state index in [4.69, 9.17) is 14.8 Å². The number of allylic oxidation sites excluding steroid dienone is 7. The van der Waals surface area contributed by atoms with E-state index in [-0.39, 0.29) is 0 Å². The number of fused-ring (bicyclic) bond motifs is 1. The summed E-state index contributed by atoms with van der Waals surface area (Å²) >= 11 is 0. The summed E-state index contributed by atoms with van der Waals surface area (Å²) in [6, 6.07) is 13.3. The standard InChI is InChI=1S/C22H28N4O.C7H6O/c1-4-7-8-11-18(9-5-2)20-17-21-23-19(10-6-3)16-22(26(21)24-20)25-12-14-27-15-13-25;8-6-7-4-2-1-3-5-7/h5-11,16-17H,4,12-15H2,1-3H3;1-6H/b8-7+,9-5-,10-6+,18-11+;. The van der Waals surface area contributed by atoms with Crippen LogP contribution >= 0.6 is 0 Å². The fourth-order valence-electron chi connectivity index (χ4n) is 3.64. The quantitative estimate of drug-likeness (QED) is 0.312. The average molecular weight is 471 g/mol. The third kappa shape index (κ3) is 7.36. The van der Waals surface area contributed by atoms with Crippen LogP contribution in [0.15, 0.2) is 78.9 Å². The first-order valence-electron chi connectivity index (χ1n) is 12.1. The number of anilines is 1. The van der Waals surface area contributed by atoms with Gasteiger partial charge in [0.2, 0.25) is 0 Å². The smallest absolute Gasteiger partial charge is 0.158 e. The van der Waals surface area contributed by atoms with Crippen molar-refractivity contribution < 1.29 is 9.53 Å². The van der Waals surface area contributed by atoms with Crippen LogP contribution in [0.5, 0.6) is 0 Å². The van der Waals surface area contributed by atoms with Gasteiger partial charge in [0.25, 0.3) is 0 Å². The van der Waals surface area contributed by atoms with Crippen LogP contribution in [0.1, 0.15) is 48.9 Å². The minimum Gasteiger partial charge on any atom is -0.378 e. The zero-order valence-electron chi connectivity index (χ0n) is 20.8. The second kappa shape index (κ2) is 13.8. The Kier molecular flexibility index (Phi) is 10.2. The number of aldehydes is 1. The molecule has 182 valence electrons. The molecular formula is C29H34N4O2. The van der Waals surface area contributed by atoms with Gasteiger partial charge in [-0.05, 0) is 26.3 Å². The summed E-state index contributed by atoms with van der Waals surface area (Å²) in [6.07, 6.45) is 16.3. The SMILES string of the molecule is C\C=C/C(=C\C=C\CC)c1cc2nc(/C=C/C)cc(N3CCOCC3)n2n1.O=Cc1ccccc1. The van der Waals surface area contributed by atoms with Gasteiger partial charge in [0.05, 0.1) is 24.6 Å². The number of benzene rings is 1. The Labute approximate surface area is 207 Å². The number of rotatable bonds is 7. The third-order valence-electron chi connectivity index (χ3n) is 5.33. The maximum atomic E-state index is 10.0. The van der Waals surface area contributed by atoms with Crippen molar-refractivity contribution in [3.05, 3.63) is 95.9 Å². The first-order chi connectivity index (χ1) is 17.2. The van der Waals surface area contributed by atoms with Gasteiger partial charge in [0, 0.05) is 36.4 Å². The lowest BCUT2D eigenvalue weighted by atomic mass is 10.1. The molecule has 0 saturated carbocycles. The molecule has 6 nitrogen and oxygen atoms in total. The lowest BCUT2D eigenvalue weighted by Crippen LogP contribution is -2.37. The molecule has 0 amide bonds. The van der Waals surface area contributed by atoms with Gasteiger partial charge >= 0.3 is 0 Å². The fraction of sp³-hybridized carbons (Fsp3) is 0.276. The maximum Gasteiger partial charge on any atom is 0.158 e. The third-order valence-corrected chi connectivity index (χ3v) is 5.33. The summed E-state index contributed by atoms with van der Waals surface area (Å²) in [5.74, 6) is 1.06. The van der Waals surface area contributed by atoms with Crippen LogP contribution < -0.4 is 4.90 Å². The second-order valence-electron chi connectivity index (χ2n) is 7.93. The number of hydrogen-bond donors (Lipinski definition) is 0. The normalized spacial score (nSPS) is 14.7. The van der Waals surface area contributed by atoms with Crippen LogP contribution in [0, 0.1) is 0 Å². The van der Waals surface area contributed by atoms with E-state index in [0.29, 0.717) is 0 Å². The van der Waals surface area contributed by atoms with Crippen molar-refractivity contribution in [1.82, 2.24) is 14.6 Å². The first kappa shape index (κ1) is 25.8. The Morgan fingerprint density at radius 2 is 1.86 bits per heavy atom. The molecule has 0 bridgehead atoms. The maximum absolute atomic E-state index is 10.0. The van der Waals surface area contributed by atoms with Crippen molar-refractivity contribution >= 4 is 29.4 Å². The summed E-state index contributed by atoms with van der Waals surface area (Å²) < 4.78 is 7.47. The molecule has 0 radical (unpaired) electrons. The number of nitrogens with zero attached hydrogens (tertiary/aromatic N) is 4. The van der Waals surface area contributed by atoms with Crippen molar-refractivity contribution in [3.8, 4) is 0 Å². The van der Waals surface area contributed by atoms with E-state index < -0.39 is 0 Å². The predicted octanol–water partition coefficient (Wildman–Crippen LogP) is 6.02. The van der Waals surface area contributed by atoms with Crippen LogP contribution in [0.4, 0.5) is 5.82 Å². The van der Waals surface area contributed by atoms with E-state index >= 15 is 0 Å². The molecule has 35 heavy (non-hydrogen) atoms. The van der Waals surface area contributed by atoms with Crippen LogP contribution in [0.25, 0.3) is 17.3 Å². The summed E-state index contributed by atoms with van der Waals surface area (Å²) in [4.78, 5) is 17.1. The molecule has 3 heterocycles. The Morgan fingerprint density at radius 3 is 2.49 bits per heavy atom. The van der Waals surface area contributed by atoms with Crippen LogP contribution in [0.2, 0.25) is 0 Å². The molecule has 1 fully saturated rings. The molecule has 1 aromatic carbocycles. The molecule has 3 aromatic rings. The van der Waals surface area contributed by atoms with Crippen LogP contribution in [0.3, 0.4) is 0 Å². The van der Waals surface area contributed by atoms with E-state index in [9.17, 15) is 4.79 Å². The Bertz CT molecular complexity index is 1200. The van der Waals surface area contributed by atoms with Gasteiger partial charge in [-0.25, -0.2) is 4.98 Å². The highest BCUT2D eigenvalue weighted by molar-refractivity contribution is 5.76. The molecule has 0 unspecified atom stereocenters. The van der Waals surface area contributed by atoms with Crippen LogP contribution in [-0.2, 0) is 4.74 Å². The Balaban J connectivity index is 0.000000363. The highest BCUT2D eigenvalue weighted by Gasteiger charge is 2.17. The van der Waals surface area contributed by atoms with Gasteiger partial charge in [-0.1, -0.05) is 73.7 Å². The summed E-state index contributed by atoms with van der Waals surface area (Å²) in [5, 5.41) is 4.88. The molecule has 0 aliphatic carbocycles. The molecule has 1 aliphatic heterocycles. The van der Waals surface area contributed by atoms with E-state index in [1.165, 1.54) is 0 Å². The number of aromatic nitrogens is 3. The Morgan fingerprint density at radius 1 is 1.09 bits per heavy atom. The van der Waals surface area contributed by atoms with Gasteiger partial charge in [-0.2, -0.15) is 9.61 Å². The second-order valence-corrected chi connectivity index (χ2v) is 7.93. The van der Waals surface area contributed by atoms with E-state index in [2.05, 4.69) is 48.3 Å². The van der Waals surface area contributed by atoms with Gasteiger partial charge < -0.3 is 9.64 Å². The fourth-order valence-corrected chi connectivity index (χ4v) is 3.64. The number of ether oxygens (including phenoxy) is 1. The summed E-state index contributed by atoms with van der Waals surface area (Å²) in [5.41, 5.74) is 4.53. The lowest BCUT2D eigenvalue weighted by Gasteiger charge is -2.29. The highest BCUT2D eigenvalue weighted by atomic mass is 16.5. The minimum atomic E-state index is 0.729. The first-order valence-corrected chi connectivity index (χ1v) is 12.1. The van der Waals surface area contributed by atoms with Crippen molar-refractivity contribution in [2.24, 2.45) is 0 Å². The van der Waals surface area contributed by atoms with Crippen molar-refractivity contribution in [3.63, 3.8) is 0 Å². The molecule has 4 rings (SSSR count). The molecule has 0 spiro atoms. The van der Waals surface area contributed by atoms with Gasteiger partial charge in [0.15, 0.2) is 5.65 Å². The van der Waals surface area contributed by atoms with Crippen molar-refractivity contribution in [1.29, 1.82) is 0 Å². The molecular weight excluding hydrogens is 436 g/mol. The summed E-state index contributed by atoms with van der Waals surface area (Å²) in [7, 11) is 0. The largest absolute Gasteiger partial charge is 0.378 e. The highest BCUT2D eigenvalue weighted by Crippen LogP contribution is 2.23. The monoisotopic (exact) mass is 470 g/mol. The van der Waals surface area contributed by atoms with Crippen LogP contribution in [-0.4, -0.2) is 47.2 Å². The van der Waals surface area contributed by atoms with E-state index in [1.54, 1.807) is 12.1 Å². The minimum absolute atomic E-state index is 0.729. The van der Waals surface area contributed by atoms with E-state index in [0.717, 1.165) is 73.0 Å². The zero-order chi connectivity index (χ0) is 24.9. The predicted molar refractivity (Wildman–Crippen MR) is 145 cm³/mol. The molecule has 1 aliphatic rings. The molecule has 1 saturated heterocycles. The van der Waals surface area contributed by atoms with E-state index in [1.807, 2.05) is 54.8 Å². The zero-order valence-corrected chi connectivity index (χ0v) is 20.8. The molecule has 2 aromatic heterocycles. The van der Waals surface area contributed by atoms with Crippen molar-refractivity contribution in [2.45, 2.75) is 27.2 Å². The average Bonchev–Trinajstić information content (AvgIpc) is 3.33. The van der Waals surface area contributed by atoms with Gasteiger partial charge in [0.1, 0.15) is 12.1 Å². The topological polar surface area (TPSA) is 59.7 Å². The Hall–Kier alpha value is -3.77. The molecule has 0 atom stereocenters. The number of carbonyl (C=O) groups is 1. The summed E-state index contributed by atoms with van der Waals surface area (Å²) in [6.45, 7) is 9.36. The molecule has 0 N–H and O–H groups in total. The van der Waals surface area contributed by atoms with Crippen molar-refractivity contribution in [2.75, 3.05) is 31.2 Å². The van der Waals surface area contributed by atoms with Gasteiger partial charge in [-0.3, -0.25) is 4.79 Å².